The fraction of sp³-hybridized carbons (Fsp3) is 0.846. The SMILES string of the molecule is CCC(CC)NC(=O)NCC1(CC(=O)O)CCC1. The Hall–Kier alpha value is -1.26. The molecule has 0 unspecified atom stereocenters. The van der Waals surface area contributed by atoms with Crippen LogP contribution < -0.4 is 10.6 Å². The number of nitrogens with one attached hydrogen (secondary N) is 2. The Labute approximate surface area is 108 Å². The molecule has 0 saturated heterocycles. The number of rotatable bonds is 7. The maximum atomic E-state index is 11.7. The Kier molecular flexibility index (Phi) is 5.44. The van der Waals surface area contributed by atoms with Gasteiger partial charge in [0.25, 0.3) is 0 Å². The van der Waals surface area contributed by atoms with Gasteiger partial charge in [-0.05, 0) is 31.1 Å². The van der Waals surface area contributed by atoms with Gasteiger partial charge in [0.1, 0.15) is 0 Å². The van der Waals surface area contributed by atoms with Crippen LogP contribution in [0.5, 0.6) is 0 Å². The first kappa shape index (κ1) is 14.8. The smallest absolute Gasteiger partial charge is 0.315 e. The van der Waals surface area contributed by atoms with Gasteiger partial charge in [0.05, 0.1) is 6.42 Å². The lowest BCUT2D eigenvalue weighted by molar-refractivity contribution is -0.141. The van der Waals surface area contributed by atoms with Gasteiger partial charge in [-0.3, -0.25) is 4.79 Å². The van der Waals surface area contributed by atoms with Crippen LogP contribution in [0.25, 0.3) is 0 Å². The molecule has 0 spiro atoms. The zero-order valence-electron chi connectivity index (χ0n) is 11.3. The van der Waals surface area contributed by atoms with Crippen molar-refractivity contribution < 1.29 is 14.7 Å². The third kappa shape index (κ3) is 4.20. The highest BCUT2D eigenvalue weighted by Gasteiger charge is 2.39. The lowest BCUT2D eigenvalue weighted by Crippen LogP contribution is -2.48. The van der Waals surface area contributed by atoms with E-state index in [4.69, 9.17) is 5.11 Å². The number of amides is 2. The molecule has 5 heteroatoms. The Bertz CT molecular complexity index is 297. The highest BCUT2D eigenvalue weighted by molar-refractivity contribution is 5.74. The molecule has 0 aliphatic heterocycles. The van der Waals surface area contributed by atoms with E-state index in [1.807, 2.05) is 13.8 Å². The fourth-order valence-electron chi connectivity index (χ4n) is 2.41. The number of carboxylic acids is 1. The molecule has 1 rings (SSSR count). The van der Waals surface area contributed by atoms with Crippen LogP contribution in [0.1, 0.15) is 52.4 Å². The van der Waals surface area contributed by atoms with Gasteiger partial charge in [-0.25, -0.2) is 4.79 Å². The molecule has 0 aromatic rings. The van der Waals surface area contributed by atoms with Gasteiger partial charge in [-0.1, -0.05) is 20.3 Å². The topological polar surface area (TPSA) is 78.4 Å². The minimum atomic E-state index is -0.781. The molecule has 0 bridgehead atoms. The summed E-state index contributed by atoms with van der Waals surface area (Å²) < 4.78 is 0. The van der Waals surface area contributed by atoms with Crippen molar-refractivity contribution in [3.8, 4) is 0 Å². The van der Waals surface area contributed by atoms with Gasteiger partial charge >= 0.3 is 12.0 Å². The Morgan fingerprint density at radius 2 is 1.89 bits per heavy atom. The fourth-order valence-corrected chi connectivity index (χ4v) is 2.41. The van der Waals surface area contributed by atoms with Crippen LogP contribution in [0.4, 0.5) is 4.79 Å². The van der Waals surface area contributed by atoms with Crippen LogP contribution in [-0.4, -0.2) is 29.7 Å². The van der Waals surface area contributed by atoms with E-state index in [-0.39, 0.29) is 23.9 Å². The zero-order valence-corrected chi connectivity index (χ0v) is 11.3. The number of carbonyl (C=O) groups excluding carboxylic acids is 1. The molecule has 1 aliphatic carbocycles. The zero-order chi connectivity index (χ0) is 13.6. The van der Waals surface area contributed by atoms with E-state index >= 15 is 0 Å². The summed E-state index contributed by atoms with van der Waals surface area (Å²) >= 11 is 0. The largest absolute Gasteiger partial charge is 0.481 e. The molecule has 104 valence electrons. The van der Waals surface area contributed by atoms with Crippen LogP contribution in [0.3, 0.4) is 0 Å². The minimum Gasteiger partial charge on any atom is -0.481 e. The van der Waals surface area contributed by atoms with E-state index in [1.54, 1.807) is 0 Å². The molecule has 0 aromatic heterocycles. The molecule has 2 amide bonds. The molecule has 0 atom stereocenters. The second-order valence-electron chi connectivity index (χ2n) is 5.26. The maximum absolute atomic E-state index is 11.7. The molecule has 18 heavy (non-hydrogen) atoms. The van der Waals surface area contributed by atoms with Gasteiger partial charge < -0.3 is 15.7 Å². The van der Waals surface area contributed by atoms with Crippen LogP contribution in [-0.2, 0) is 4.79 Å². The van der Waals surface area contributed by atoms with Crippen LogP contribution in [0.15, 0.2) is 0 Å². The van der Waals surface area contributed by atoms with Crippen LogP contribution in [0, 0.1) is 5.41 Å². The first-order valence-electron chi connectivity index (χ1n) is 6.77. The summed E-state index contributed by atoms with van der Waals surface area (Å²) in [4.78, 5) is 22.5. The molecule has 3 N–H and O–H groups in total. The first-order valence-corrected chi connectivity index (χ1v) is 6.77. The number of hydrogen-bond donors (Lipinski definition) is 3. The molecule has 5 nitrogen and oxygen atoms in total. The second kappa shape index (κ2) is 6.61. The quantitative estimate of drug-likeness (QED) is 0.653. The Morgan fingerprint density at radius 3 is 2.28 bits per heavy atom. The summed E-state index contributed by atoms with van der Waals surface area (Å²) in [6.07, 6.45) is 4.81. The van der Waals surface area contributed by atoms with Crippen molar-refractivity contribution >= 4 is 12.0 Å². The summed E-state index contributed by atoms with van der Waals surface area (Å²) in [6.45, 7) is 4.53. The van der Waals surface area contributed by atoms with Gasteiger partial charge in [-0.2, -0.15) is 0 Å². The number of aliphatic carboxylic acids is 1. The predicted molar refractivity (Wildman–Crippen MR) is 69.4 cm³/mol. The van der Waals surface area contributed by atoms with Crippen molar-refractivity contribution in [1.29, 1.82) is 0 Å². The van der Waals surface area contributed by atoms with Gasteiger partial charge in [0.2, 0.25) is 0 Å². The summed E-state index contributed by atoms with van der Waals surface area (Å²) in [5, 5.41) is 14.6. The molecule has 0 radical (unpaired) electrons. The molecular formula is C13H24N2O3. The highest BCUT2D eigenvalue weighted by Crippen LogP contribution is 2.43. The van der Waals surface area contributed by atoms with E-state index in [9.17, 15) is 9.59 Å². The molecule has 1 saturated carbocycles. The van der Waals surface area contributed by atoms with Crippen molar-refractivity contribution in [2.75, 3.05) is 6.54 Å². The molecular weight excluding hydrogens is 232 g/mol. The summed E-state index contributed by atoms with van der Waals surface area (Å²) in [5.41, 5.74) is -0.211. The average molecular weight is 256 g/mol. The van der Waals surface area contributed by atoms with Crippen molar-refractivity contribution in [3.05, 3.63) is 0 Å². The second-order valence-corrected chi connectivity index (χ2v) is 5.26. The van der Waals surface area contributed by atoms with E-state index in [2.05, 4.69) is 10.6 Å². The summed E-state index contributed by atoms with van der Waals surface area (Å²) in [5.74, 6) is -0.781. The van der Waals surface area contributed by atoms with E-state index in [0.717, 1.165) is 32.1 Å². The number of carboxylic acid groups (broad SMARTS) is 1. The first-order chi connectivity index (χ1) is 8.51. The Balaban J connectivity index is 2.34. The van der Waals surface area contributed by atoms with Crippen LogP contribution >= 0.6 is 0 Å². The van der Waals surface area contributed by atoms with Crippen molar-refractivity contribution in [3.63, 3.8) is 0 Å². The number of urea groups is 1. The van der Waals surface area contributed by atoms with Gasteiger partial charge in [0, 0.05) is 12.6 Å². The molecule has 0 aromatic carbocycles. The highest BCUT2D eigenvalue weighted by atomic mass is 16.4. The molecule has 1 fully saturated rings. The van der Waals surface area contributed by atoms with Gasteiger partial charge in [0.15, 0.2) is 0 Å². The van der Waals surface area contributed by atoms with Crippen molar-refractivity contribution in [2.45, 2.75) is 58.4 Å². The van der Waals surface area contributed by atoms with E-state index < -0.39 is 5.97 Å². The van der Waals surface area contributed by atoms with E-state index in [0.29, 0.717) is 6.54 Å². The lowest BCUT2D eigenvalue weighted by Gasteiger charge is -2.40. The van der Waals surface area contributed by atoms with Crippen molar-refractivity contribution in [1.82, 2.24) is 10.6 Å². The number of hydrogen-bond acceptors (Lipinski definition) is 2. The monoisotopic (exact) mass is 256 g/mol. The number of carbonyl (C=O) groups is 2. The maximum Gasteiger partial charge on any atom is 0.315 e. The average Bonchev–Trinajstić information content (AvgIpc) is 2.28. The third-order valence-corrected chi connectivity index (χ3v) is 3.89. The lowest BCUT2D eigenvalue weighted by atomic mass is 9.66. The third-order valence-electron chi connectivity index (χ3n) is 3.89. The van der Waals surface area contributed by atoms with Crippen molar-refractivity contribution in [2.24, 2.45) is 5.41 Å². The van der Waals surface area contributed by atoms with Crippen LogP contribution in [0.2, 0.25) is 0 Å². The normalized spacial score (nSPS) is 17.1. The minimum absolute atomic E-state index is 0.151. The molecule has 1 aliphatic rings. The molecule has 0 heterocycles. The summed E-state index contributed by atoms with van der Waals surface area (Å²) in [7, 11) is 0. The predicted octanol–water partition coefficient (Wildman–Crippen LogP) is 2.12. The summed E-state index contributed by atoms with van der Waals surface area (Å²) in [6, 6.07) is 0.0159. The standard InChI is InChI=1S/C13H24N2O3/c1-3-10(4-2)15-12(18)14-9-13(6-5-7-13)8-11(16)17/h10H,3-9H2,1-2H3,(H,16,17)(H2,14,15,18). The van der Waals surface area contributed by atoms with Gasteiger partial charge in [-0.15, -0.1) is 0 Å². The van der Waals surface area contributed by atoms with E-state index in [1.165, 1.54) is 0 Å². The Morgan fingerprint density at radius 1 is 1.28 bits per heavy atom.